The van der Waals surface area contributed by atoms with E-state index in [1.54, 1.807) is 0 Å². The minimum Gasteiger partial charge on any atom is -0.348 e. The zero-order chi connectivity index (χ0) is 13.9. The molecule has 1 aromatic rings. The van der Waals surface area contributed by atoms with E-state index < -0.39 is 0 Å². The Morgan fingerprint density at radius 1 is 1.40 bits per heavy atom. The largest absolute Gasteiger partial charge is 0.348 e. The van der Waals surface area contributed by atoms with Crippen molar-refractivity contribution in [2.45, 2.75) is 63.2 Å². The van der Waals surface area contributed by atoms with Crippen molar-refractivity contribution in [2.24, 2.45) is 0 Å². The normalized spacial score (nSPS) is 25.4. The van der Waals surface area contributed by atoms with Crippen LogP contribution in [0.15, 0.2) is 0 Å². The Balaban J connectivity index is 1.61. The molecule has 0 spiro atoms. The van der Waals surface area contributed by atoms with Crippen LogP contribution in [-0.2, 0) is 12.8 Å². The van der Waals surface area contributed by atoms with E-state index in [4.69, 9.17) is 0 Å². The third-order valence-electron chi connectivity index (χ3n) is 4.39. The maximum atomic E-state index is 12.4. The van der Waals surface area contributed by atoms with Crippen molar-refractivity contribution in [3.63, 3.8) is 0 Å². The van der Waals surface area contributed by atoms with Gasteiger partial charge >= 0.3 is 0 Å². The highest BCUT2D eigenvalue weighted by Crippen LogP contribution is 2.29. The molecule has 1 amide bonds. The van der Waals surface area contributed by atoms with Gasteiger partial charge in [0, 0.05) is 22.5 Å². The topological polar surface area (TPSA) is 57.8 Å². The maximum Gasteiger partial charge on any atom is 0.272 e. The average Bonchev–Trinajstić information content (AvgIpc) is 3.01. The summed E-state index contributed by atoms with van der Waals surface area (Å²) in [5.41, 5.74) is 2.96. The third kappa shape index (κ3) is 2.87. The van der Waals surface area contributed by atoms with Gasteiger partial charge in [0.2, 0.25) is 0 Å². The van der Waals surface area contributed by atoms with Gasteiger partial charge in [0.15, 0.2) is 5.69 Å². The molecule has 0 saturated heterocycles. The number of nitrogens with zero attached hydrogens (tertiary/aromatic N) is 1. The van der Waals surface area contributed by atoms with Crippen molar-refractivity contribution in [1.82, 2.24) is 15.5 Å². The summed E-state index contributed by atoms with van der Waals surface area (Å²) in [6.07, 6.45) is 7.91. The first kappa shape index (κ1) is 14.0. The molecule has 20 heavy (non-hydrogen) atoms. The molecular formula is C15H23N3OS. The first-order valence-corrected chi connectivity index (χ1v) is 8.81. The van der Waals surface area contributed by atoms with Gasteiger partial charge in [-0.3, -0.25) is 9.89 Å². The zero-order valence-electron chi connectivity index (χ0n) is 12.1. The summed E-state index contributed by atoms with van der Waals surface area (Å²) in [5, 5.41) is 11.2. The Labute approximate surface area is 124 Å². The Bertz CT molecular complexity index is 483. The first-order chi connectivity index (χ1) is 9.78. The van der Waals surface area contributed by atoms with Crippen LogP contribution in [0.3, 0.4) is 0 Å². The van der Waals surface area contributed by atoms with Gasteiger partial charge in [-0.15, -0.1) is 0 Å². The summed E-state index contributed by atoms with van der Waals surface area (Å²) >= 11 is 2.03. The fourth-order valence-electron chi connectivity index (χ4n) is 3.42. The van der Waals surface area contributed by atoms with Crippen LogP contribution in [0.4, 0.5) is 0 Å². The monoisotopic (exact) mass is 293 g/mol. The second-order valence-corrected chi connectivity index (χ2v) is 7.37. The number of fused-ring (bicyclic) bond motifs is 1. The molecule has 2 N–H and O–H groups in total. The van der Waals surface area contributed by atoms with E-state index in [1.165, 1.54) is 18.5 Å². The molecule has 1 aromatic heterocycles. The first-order valence-electron chi connectivity index (χ1n) is 7.76. The minimum absolute atomic E-state index is 0.0246. The number of aromatic amines is 1. The van der Waals surface area contributed by atoms with E-state index in [9.17, 15) is 4.79 Å². The number of aromatic nitrogens is 2. The molecule has 1 fully saturated rings. The number of hydrogen-bond acceptors (Lipinski definition) is 3. The summed E-state index contributed by atoms with van der Waals surface area (Å²) < 4.78 is 0. The highest BCUT2D eigenvalue weighted by atomic mass is 32.2. The lowest BCUT2D eigenvalue weighted by Crippen LogP contribution is -2.39. The van der Waals surface area contributed by atoms with Crippen molar-refractivity contribution in [1.29, 1.82) is 0 Å². The maximum absolute atomic E-state index is 12.4. The van der Waals surface area contributed by atoms with Crippen LogP contribution in [0.1, 0.15) is 60.8 Å². The number of amides is 1. The lowest BCUT2D eigenvalue weighted by atomic mass is 9.95. The summed E-state index contributed by atoms with van der Waals surface area (Å²) in [7, 11) is 0. The number of H-pyrrole nitrogens is 1. The Morgan fingerprint density at radius 3 is 3.15 bits per heavy atom. The van der Waals surface area contributed by atoms with Crippen LogP contribution in [-0.4, -0.2) is 33.1 Å². The van der Waals surface area contributed by atoms with Crippen LogP contribution in [0.2, 0.25) is 0 Å². The second kappa shape index (κ2) is 6.20. The molecular weight excluding hydrogens is 270 g/mol. The fraction of sp³-hybridized carbons (Fsp3) is 0.733. The standard InChI is InChI=1S/C15H23N3OS/c1-2-20-11-6-3-5-10(9-11)16-15(19)14-12-7-4-8-13(12)17-18-14/h10-11H,2-9H2,1H3,(H,16,19)(H,17,18)/t10-,11+/m0/s1. The molecule has 2 atom stereocenters. The van der Waals surface area contributed by atoms with Crippen LogP contribution >= 0.6 is 11.8 Å². The number of carbonyl (C=O) groups is 1. The molecule has 0 aromatic carbocycles. The quantitative estimate of drug-likeness (QED) is 0.897. The van der Waals surface area contributed by atoms with Crippen LogP contribution in [0.25, 0.3) is 0 Å². The molecule has 0 unspecified atom stereocenters. The second-order valence-electron chi connectivity index (χ2n) is 5.80. The predicted octanol–water partition coefficient (Wildman–Crippen LogP) is 2.69. The number of hydrogen-bond donors (Lipinski definition) is 2. The van der Waals surface area contributed by atoms with Gasteiger partial charge in [-0.25, -0.2) is 0 Å². The van der Waals surface area contributed by atoms with Gasteiger partial charge in [0.25, 0.3) is 5.91 Å². The molecule has 0 aliphatic heterocycles. The van der Waals surface area contributed by atoms with Crippen molar-refractivity contribution < 1.29 is 4.79 Å². The lowest BCUT2D eigenvalue weighted by Gasteiger charge is -2.29. The van der Waals surface area contributed by atoms with E-state index in [1.807, 2.05) is 11.8 Å². The predicted molar refractivity (Wildman–Crippen MR) is 82.3 cm³/mol. The molecule has 5 heteroatoms. The van der Waals surface area contributed by atoms with Gasteiger partial charge in [-0.05, 0) is 44.3 Å². The highest BCUT2D eigenvalue weighted by Gasteiger charge is 2.27. The Kier molecular flexibility index (Phi) is 4.34. The van der Waals surface area contributed by atoms with E-state index in [0.717, 1.165) is 43.4 Å². The molecule has 3 rings (SSSR count). The van der Waals surface area contributed by atoms with Crippen molar-refractivity contribution in [2.75, 3.05) is 5.75 Å². The summed E-state index contributed by atoms with van der Waals surface area (Å²) in [4.78, 5) is 12.4. The number of nitrogens with one attached hydrogen (secondary N) is 2. The van der Waals surface area contributed by atoms with Crippen molar-refractivity contribution in [3.05, 3.63) is 17.0 Å². The molecule has 4 nitrogen and oxygen atoms in total. The number of aryl methyl sites for hydroxylation is 1. The lowest BCUT2D eigenvalue weighted by molar-refractivity contribution is 0.0922. The van der Waals surface area contributed by atoms with Gasteiger partial charge in [0.05, 0.1) is 0 Å². The van der Waals surface area contributed by atoms with Gasteiger partial charge in [0.1, 0.15) is 0 Å². The Hall–Kier alpha value is -0.970. The molecule has 0 radical (unpaired) electrons. The van der Waals surface area contributed by atoms with E-state index in [-0.39, 0.29) is 5.91 Å². The SMILES string of the molecule is CCS[C@@H]1CCC[C@H](NC(=O)c2n[nH]c3c2CCC3)C1. The summed E-state index contributed by atoms with van der Waals surface area (Å²) in [6.45, 7) is 2.21. The summed E-state index contributed by atoms with van der Waals surface area (Å²) in [6, 6.07) is 0.328. The highest BCUT2D eigenvalue weighted by molar-refractivity contribution is 7.99. The van der Waals surface area contributed by atoms with Crippen LogP contribution in [0, 0.1) is 0 Å². The fourth-order valence-corrected chi connectivity index (χ4v) is 4.60. The third-order valence-corrected chi connectivity index (χ3v) is 5.62. The average molecular weight is 293 g/mol. The molecule has 1 saturated carbocycles. The molecule has 2 aliphatic carbocycles. The molecule has 110 valence electrons. The smallest absolute Gasteiger partial charge is 0.272 e. The molecule has 2 aliphatic rings. The van der Waals surface area contributed by atoms with E-state index >= 15 is 0 Å². The molecule has 0 bridgehead atoms. The van der Waals surface area contributed by atoms with Crippen molar-refractivity contribution in [3.8, 4) is 0 Å². The Morgan fingerprint density at radius 2 is 2.30 bits per heavy atom. The van der Waals surface area contributed by atoms with Crippen LogP contribution in [0.5, 0.6) is 0 Å². The number of thioether (sulfide) groups is 1. The van der Waals surface area contributed by atoms with Crippen molar-refractivity contribution >= 4 is 17.7 Å². The number of rotatable bonds is 4. The zero-order valence-corrected chi connectivity index (χ0v) is 12.9. The number of carbonyl (C=O) groups excluding carboxylic acids is 1. The van der Waals surface area contributed by atoms with Gasteiger partial charge in [-0.1, -0.05) is 13.3 Å². The van der Waals surface area contributed by atoms with E-state index in [0.29, 0.717) is 17.0 Å². The van der Waals surface area contributed by atoms with Gasteiger partial charge in [-0.2, -0.15) is 16.9 Å². The minimum atomic E-state index is 0.0246. The molecule has 1 heterocycles. The summed E-state index contributed by atoms with van der Waals surface area (Å²) in [5.74, 6) is 1.19. The van der Waals surface area contributed by atoms with Gasteiger partial charge < -0.3 is 5.32 Å². The van der Waals surface area contributed by atoms with E-state index in [2.05, 4.69) is 22.4 Å². The van der Waals surface area contributed by atoms with Crippen LogP contribution < -0.4 is 5.32 Å².